The lowest BCUT2D eigenvalue weighted by atomic mass is 10.1. The second kappa shape index (κ2) is 7.79. The van der Waals surface area contributed by atoms with E-state index in [4.69, 9.17) is 5.73 Å². The number of thioether (sulfide) groups is 1. The lowest BCUT2D eigenvalue weighted by Gasteiger charge is -2.35. The molecule has 0 aromatic carbocycles. The van der Waals surface area contributed by atoms with Gasteiger partial charge in [0.2, 0.25) is 5.91 Å². The molecule has 0 aliphatic carbocycles. The molecule has 0 bridgehead atoms. The lowest BCUT2D eigenvalue weighted by molar-refractivity contribution is -0.143. The summed E-state index contributed by atoms with van der Waals surface area (Å²) < 4.78 is 4.62. The first-order chi connectivity index (χ1) is 7.56. The van der Waals surface area contributed by atoms with E-state index >= 15 is 0 Å². The fraction of sp³-hybridized carbons (Fsp3) is 0.800. The highest BCUT2D eigenvalue weighted by atomic mass is 35.5. The Hall–Kier alpha value is -0.460. The van der Waals surface area contributed by atoms with Crippen molar-refractivity contribution in [3.8, 4) is 0 Å². The van der Waals surface area contributed by atoms with E-state index in [-0.39, 0.29) is 36.7 Å². The van der Waals surface area contributed by atoms with E-state index in [1.165, 1.54) is 7.11 Å². The third kappa shape index (κ3) is 4.73. The van der Waals surface area contributed by atoms with E-state index in [0.29, 0.717) is 6.54 Å². The molecule has 100 valence electrons. The molecule has 1 fully saturated rings. The van der Waals surface area contributed by atoms with Gasteiger partial charge in [0.1, 0.15) is 0 Å². The van der Waals surface area contributed by atoms with E-state index in [1.54, 1.807) is 23.6 Å². The van der Waals surface area contributed by atoms with Crippen molar-refractivity contribution in [2.75, 3.05) is 25.2 Å². The second-order valence-electron chi connectivity index (χ2n) is 3.83. The predicted octanol–water partition coefficient (Wildman–Crippen LogP) is 0.263. The summed E-state index contributed by atoms with van der Waals surface area (Å²) in [4.78, 5) is 24.7. The van der Waals surface area contributed by atoms with Crippen molar-refractivity contribution in [1.29, 1.82) is 0 Å². The normalized spacial score (nSPS) is 21.4. The third-order valence-electron chi connectivity index (χ3n) is 2.53. The molecule has 17 heavy (non-hydrogen) atoms. The smallest absolute Gasteiger partial charge is 0.307 e. The fourth-order valence-electron chi connectivity index (χ4n) is 1.65. The average Bonchev–Trinajstić information content (AvgIpc) is 2.28. The molecule has 2 unspecified atom stereocenters. The van der Waals surface area contributed by atoms with Crippen LogP contribution in [0.1, 0.15) is 13.3 Å². The van der Waals surface area contributed by atoms with Crippen molar-refractivity contribution in [3.05, 3.63) is 0 Å². The van der Waals surface area contributed by atoms with Gasteiger partial charge in [-0.15, -0.1) is 12.4 Å². The first-order valence-electron chi connectivity index (χ1n) is 5.27. The van der Waals surface area contributed by atoms with Crippen LogP contribution in [0, 0.1) is 0 Å². The van der Waals surface area contributed by atoms with E-state index < -0.39 is 6.04 Å². The van der Waals surface area contributed by atoms with E-state index in [9.17, 15) is 9.59 Å². The van der Waals surface area contributed by atoms with E-state index in [1.807, 2.05) is 0 Å². The molecule has 2 atom stereocenters. The summed E-state index contributed by atoms with van der Waals surface area (Å²) in [6.07, 6.45) is 0.252. The van der Waals surface area contributed by atoms with Crippen molar-refractivity contribution in [2.45, 2.75) is 25.4 Å². The number of hydrogen-bond acceptors (Lipinski definition) is 5. The van der Waals surface area contributed by atoms with Gasteiger partial charge in [-0.1, -0.05) is 0 Å². The third-order valence-corrected chi connectivity index (χ3v) is 3.62. The van der Waals surface area contributed by atoms with Crippen molar-refractivity contribution in [2.24, 2.45) is 5.73 Å². The summed E-state index contributed by atoms with van der Waals surface area (Å²) in [5.74, 6) is 1.30. The number of rotatable bonds is 3. The summed E-state index contributed by atoms with van der Waals surface area (Å²) in [5.41, 5.74) is 5.58. The molecular formula is C10H19ClN2O3S. The predicted molar refractivity (Wildman–Crippen MR) is 70.4 cm³/mol. The summed E-state index contributed by atoms with van der Waals surface area (Å²) in [6, 6.07) is -0.590. The van der Waals surface area contributed by atoms with Gasteiger partial charge in [0.15, 0.2) is 0 Å². The van der Waals surface area contributed by atoms with Crippen LogP contribution in [0.3, 0.4) is 0 Å². The van der Waals surface area contributed by atoms with Crippen LogP contribution in [0.15, 0.2) is 0 Å². The van der Waals surface area contributed by atoms with Gasteiger partial charge < -0.3 is 15.4 Å². The zero-order chi connectivity index (χ0) is 12.1. The van der Waals surface area contributed by atoms with Crippen LogP contribution >= 0.6 is 24.2 Å². The molecule has 1 amide bonds. The standard InChI is InChI=1S/C10H18N2O3S.ClH/c1-7(11)10(14)12-3-4-16-6-8(12)5-9(13)15-2;/h7-8H,3-6,11H2,1-2H3;1H. The molecule has 1 saturated heterocycles. The summed E-state index contributed by atoms with van der Waals surface area (Å²) >= 11 is 1.75. The van der Waals surface area contributed by atoms with E-state index in [0.717, 1.165) is 11.5 Å². The monoisotopic (exact) mass is 282 g/mol. The summed E-state index contributed by atoms with van der Waals surface area (Å²) in [7, 11) is 1.36. The molecule has 0 radical (unpaired) electrons. The second-order valence-corrected chi connectivity index (χ2v) is 4.98. The Morgan fingerprint density at radius 1 is 1.59 bits per heavy atom. The van der Waals surface area contributed by atoms with Crippen molar-refractivity contribution < 1.29 is 14.3 Å². The van der Waals surface area contributed by atoms with Crippen LogP contribution in [0.5, 0.6) is 0 Å². The highest BCUT2D eigenvalue weighted by Gasteiger charge is 2.30. The number of methoxy groups -OCH3 is 1. The number of hydrogen-bond donors (Lipinski definition) is 1. The fourth-order valence-corrected chi connectivity index (χ4v) is 2.71. The number of nitrogens with zero attached hydrogens (tertiary/aromatic N) is 1. The number of carbonyl (C=O) groups excluding carboxylic acids is 2. The first kappa shape index (κ1) is 16.5. The Kier molecular flexibility index (Phi) is 7.58. The summed E-state index contributed by atoms with van der Waals surface area (Å²) in [6.45, 7) is 2.33. The maximum Gasteiger partial charge on any atom is 0.307 e. The molecule has 1 aliphatic rings. The van der Waals surface area contributed by atoms with Crippen molar-refractivity contribution >= 4 is 36.0 Å². The van der Waals surface area contributed by atoms with E-state index in [2.05, 4.69) is 4.74 Å². The number of carbonyl (C=O) groups is 2. The van der Waals surface area contributed by atoms with Crippen LogP contribution < -0.4 is 5.73 Å². The topological polar surface area (TPSA) is 72.6 Å². The maximum atomic E-state index is 11.8. The first-order valence-corrected chi connectivity index (χ1v) is 6.42. The van der Waals surface area contributed by atoms with Gasteiger partial charge in [-0.3, -0.25) is 9.59 Å². The molecule has 5 nitrogen and oxygen atoms in total. The van der Waals surface area contributed by atoms with Gasteiger partial charge in [0.25, 0.3) is 0 Å². The van der Waals surface area contributed by atoms with Crippen LogP contribution in [0.4, 0.5) is 0 Å². The molecule has 1 rings (SSSR count). The Labute approximate surface area is 112 Å². The zero-order valence-electron chi connectivity index (χ0n) is 10.0. The van der Waals surface area contributed by atoms with Gasteiger partial charge in [0.05, 0.1) is 25.6 Å². The zero-order valence-corrected chi connectivity index (χ0v) is 11.7. The van der Waals surface area contributed by atoms with Crippen LogP contribution in [0.2, 0.25) is 0 Å². The molecule has 1 heterocycles. The van der Waals surface area contributed by atoms with Crippen LogP contribution in [-0.4, -0.2) is 54.0 Å². The molecule has 0 aromatic rings. The maximum absolute atomic E-state index is 11.8. The molecule has 1 aliphatic heterocycles. The average molecular weight is 283 g/mol. The minimum absolute atomic E-state index is 0. The van der Waals surface area contributed by atoms with Gasteiger partial charge in [-0.05, 0) is 6.92 Å². The molecule has 7 heteroatoms. The Balaban J connectivity index is 0.00000256. The largest absolute Gasteiger partial charge is 0.469 e. The number of amides is 1. The SMILES string of the molecule is COC(=O)CC1CSCCN1C(=O)C(C)N.Cl. The Bertz CT molecular complexity index is 276. The van der Waals surface area contributed by atoms with Gasteiger partial charge in [-0.25, -0.2) is 0 Å². The van der Waals surface area contributed by atoms with Crippen molar-refractivity contribution in [1.82, 2.24) is 4.90 Å². The van der Waals surface area contributed by atoms with Gasteiger partial charge in [-0.2, -0.15) is 11.8 Å². The summed E-state index contributed by atoms with van der Waals surface area (Å²) in [5, 5.41) is 0. The van der Waals surface area contributed by atoms with Crippen LogP contribution in [-0.2, 0) is 14.3 Å². The number of halogens is 1. The van der Waals surface area contributed by atoms with Gasteiger partial charge in [0, 0.05) is 18.1 Å². The number of esters is 1. The van der Waals surface area contributed by atoms with Crippen molar-refractivity contribution in [3.63, 3.8) is 0 Å². The molecule has 0 aromatic heterocycles. The highest BCUT2D eigenvalue weighted by molar-refractivity contribution is 7.99. The van der Waals surface area contributed by atoms with Gasteiger partial charge >= 0.3 is 5.97 Å². The molecule has 0 saturated carbocycles. The quantitative estimate of drug-likeness (QED) is 0.752. The highest BCUT2D eigenvalue weighted by Crippen LogP contribution is 2.19. The molecule has 2 N–H and O–H groups in total. The molecular weight excluding hydrogens is 264 g/mol. The number of ether oxygens (including phenoxy) is 1. The lowest BCUT2D eigenvalue weighted by Crippen LogP contribution is -2.52. The Morgan fingerprint density at radius 3 is 2.76 bits per heavy atom. The van der Waals surface area contributed by atoms with Crippen LogP contribution in [0.25, 0.3) is 0 Å². The number of nitrogens with two attached hydrogens (primary N) is 1. The molecule has 0 spiro atoms. The minimum Gasteiger partial charge on any atom is -0.469 e. The minimum atomic E-state index is -0.511. The Morgan fingerprint density at radius 2 is 2.24 bits per heavy atom.